The summed E-state index contributed by atoms with van der Waals surface area (Å²) in [5.74, 6) is -2.82. The number of aryl methyl sites for hydroxylation is 1. The van der Waals surface area contributed by atoms with Gasteiger partial charge in [0.2, 0.25) is 0 Å². The van der Waals surface area contributed by atoms with Crippen molar-refractivity contribution in [3.8, 4) is 0 Å². The Morgan fingerprint density at radius 1 is 1.43 bits per heavy atom. The van der Waals surface area contributed by atoms with Gasteiger partial charge in [-0.3, -0.25) is 0 Å². The number of nitrogens with two attached hydrogens (primary N) is 1. The maximum atomic E-state index is 13.5. The lowest BCUT2D eigenvalue weighted by Gasteiger charge is -2.18. The van der Waals surface area contributed by atoms with E-state index < -0.39 is 5.92 Å². The van der Waals surface area contributed by atoms with Crippen LogP contribution in [0, 0.1) is 6.92 Å². The molecule has 14 heavy (non-hydrogen) atoms. The van der Waals surface area contributed by atoms with Gasteiger partial charge in [0.1, 0.15) is 0 Å². The van der Waals surface area contributed by atoms with E-state index in [-0.39, 0.29) is 18.5 Å². The summed E-state index contributed by atoms with van der Waals surface area (Å²) in [6.07, 6.45) is -0.310. The van der Waals surface area contributed by atoms with Crippen LogP contribution in [0.4, 0.5) is 8.78 Å². The highest BCUT2D eigenvalue weighted by molar-refractivity contribution is 9.10. The molecule has 0 atom stereocenters. The summed E-state index contributed by atoms with van der Waals surface area (Å²) in [5, 5.41) is 0. The molecule has 1 aromatic rings. The molecule has 0 unspecified atom stereocenters. The van der Waals surface area contributed by atoms with E-state index in [2.05, 4.69) is 15.9 Å². The molecule has 0 amide bonds. The zero-order chi connectivity index (χ0) is 10.8. The molecule has 1 rings (SSSR count). The molecule has 0 spiro atoms. The van der Waals surface area contributed by atoms with Gasteiger partial charge in [-0.05, 0) is 31.2 Å². The van der Waals surface area contributed by atoms with Crippen LogP contribution >= 0.6 is 15.9 Å². The lowest BCUT2D eigenvalue weighted by Crippen LogP contribution is -2.19. The summed E-state index contributed by atoms with van der Waals surface area (Å²) in [5.41, 5.74) is 5.79. The maximum absolute atomic E-state index is 13.5. The third-order valence-corrected chi connectivity index (χ3v) is 2.53. The first-order valence-electron chi connectivity index (χ1n) is 4.32. The number of hydrogen-bond donors (Lipinski definition) is 1. The Bertz CT molecular complexity index is 326. The van der Waals surface area contributed by atoms with E-state index >= 15 is 0 Å². The van der Waals surface area contributed by atoms with Crippen LogP contribution in [0.15, 0.2) is 22.7 Å². The van der Waals surface area contributed by atoms with Gasteiger partial charge in [-0.25, -0.2) is 8.78 Å². The van der Waals surface area contributed by atoms with E-state index in [1.54, 1.807) is 19.1 Å². The predicted molar refractivity (Wildman–Crippen MR) is 56.4 cm³/mol. The molecule has 0 radical (unpaired) electrons. The highest BCUT2D eigenvalue weighted by atomic mass is 79.9. The van der Waals surface area contributed by atoms with Gasteiger partial charge >= 0.3 is 0 Å². The molecule has 0 fully saturated rings. The van der Waals surface area contributed by atoms with E-state index in [9.17, 15) is 8.78 Å². The fourth-order valence-electron chi connectivity index (χ4n) is 1.35. The Hall–Kier alpha value is -0.480. The lowest BCUT2D eigenvalue weighted by molar-refractivity contribution is -0.0113. The summed E-state index contributed by atoms with van der Waals surface area (Å²) in [6.45, 7) is 1.66. The van der Waals surface area contributed by atoms with Gasteiger partial charge in [0, 0.05) is 16.5 Å². The van der Waals surface area contributed by atoms with Gasteiger partial charge in [-0.2, -0.15) is 0 Å². The third kappa shape index (κ3) is 2.51. The first-order valence-corrected chi connectivity index (χ1v) is 5.11. The molecule has 0 saturated carbocycles. The van der Waals surface area contributed by atoms with Crippen LogP contribution in [-0.4, -0.2) is 6.54 Å². The Labute approximate surface area is 90.4 Å². The topological polar surface area (TPSA) is 26.0 Å². The minimum Gasteiger partial charge on any atom is -0.330 e. The highest BCUT2D eigenvalue weighted by Gasteiger charge is 2.31. The first kappa shape index (κ1) is 11.6. The van der Waals surface area contributed by atoms with Crippen LogP contribution in [0.3, 0.4) is 0 Å². The molecular formula is C10H12BrF2N. The molecule has 0 aromatic heterocycles. The van der Waals surface area contributed by atoms with E-state index in [0.717, 1.165) is 4.47 Å². The molecular weight excluding hydrogens is 252 g/mol. The Balaban J connectivity index is 3.06. The molecule has 0 aliphatic heterocycles. The van der Waals surface area contributed by atoms with Crippen LogP contribution in [0.5, 0.6) is 0 Å². The summed E-state index contributed by atoms with van der Waals surface area (Å²) in [6, 6.07) is 4.74. The minimum atomic E-state index is -2.82. The van der Waals surface area contributed by atoms with E-state index in [1.807, 2.05) is 0 Å². The zero-order valence-electron chi connectivity index (χ0n) is 7.86. The van der Waals surface area contributed by atoms with Crippen molar-refractivity contribution in [2.75, 3.05) is 6.54 Å². The smallest absolute Gasteiger partial charge is 0.274 e. The second-order valence-corrected chi connectivity index (χ2v) is 4.12. The molecule has 0 bridgehead atoms. The van der Waals surface area contributed by atoms with E-state index in [4.69, 9.17) is 5.73 Å². The Morgan fingerprint density at radius 2 is 2.07 bits per heavy atom. The van der Waals surface area contributed by atoms with Crippen LogP contribution in [-0.2, 0) is 5.92 Å². The van der Waals surface area contributed by atoms with Gasteiger partial charge in [-0.1, -0.05) is 22.0 Å². The van der Waals surface area contributed by atoms with Crippen molar-refractivity contribution in [2.24, 2.45) is 5.73 Å². The SMILES string of the molecule is Cc1cc(Br)ccc1C(F)(F)CCN. The highest BCUT2D eigenvalue weighted by Crippen LogP contribution is 2.34. The van der Waals surface area contributed by atoms with Crippen molar-refractivity contribution < 1.29 is 8.78 Å². The summed E-state index contributed by atoms with van der Waals surface area (Å²) in [7, 11) is 0. The number of halogens is 3. The van der Waals surface area contributed by atoms with Crippen molar-refractivity contribution >= 4 is 15.9 Å². The van der Waals surface area contributed by atoms with Crippen molar-refractivity contribution in [3.05, 3.63) is 33.8 Å². The van der Waals surface area contributed by atoms with Gasteiger partial charge in [0.25, 0.3) is 5.92 Å². The third-order valence-electron chi connectivity index (χ3n) is 2.04. The monoisotopic (exact) mass is 263 g/mol. The molecule has 0 aliphatic carbocycles. The van der Waals surface area contributed by atoms with Crippen molar-refractivity contribution in [2.45, 2.75) is 19.3 Å². The zero-order valence-corrected chi connectivity index (χ0v) is 9.44. The fraction of sp³-hybridized carbons (Fsp3) is 0.400. The average Bonchev–Trinajstić information content (AvgIpc) is 2.02. The normalized spacial score (nSPS) is 11.8. The summed E-state index contributed by atoms with van der Waals surface area (Å²) in [4.78, 5) is 0. The van der Waals surface area contributed by atoms with Gasteiger partial charge in [0.05, 0.1) is 0 Å². The van der Waals surface area contributed by atoms with Crippen LogP contribution < -0.4 is 5.73 Å². The predicted octanol–water partition coefficient (Wildman–Crippen LogP) is 3.20. The maximum Gasteiger partial charge on any atom is 0.274 e. The number of benzene rings is 1. The first-order chi connectivity index (χ1) is 6.47. The number of hydrogen-bond acceptors (Lipinski definition) is 1. The molecule has 0 aliphatic rings. The minimum absolute atomic E-state index is 0.0114. The average molecular weight is 264 g/mol. The molecule has 78 valence electrons. The van der Waals surface area contributed by atoms with Crippen LogP contribution in [0.2, 0.25) is 0 Å². The van der Waals surface area contributed by atoms with Crippen LogP contribution in [0.1, 0.15) is 17.5 Å². The molecule has 0 heterocycles. The second-order valence-electron chi connectivity index (χ2n) is 3.20. The van der Waals surface area contributed by atoms with Crippen molar-refractivity contribution in [3.63, 3.8) is 0 Å². The molecule has 1 aromatic carbocycles. The van der Waals surface area contributed by atoms with Crippen LogP contribution in [0.25, 0.3) is 0 Å². The summed E-state index contributed by atoms with van der Waals surface area (Å²) < 4.78 is 27.7. The van der Waals surface area contributed by atoms with Crippen molar-refractivity contribution in [1.82, 2.24) is 0 Å². The molecule has 2 N–H and O–H groups in total. The lowest BCUT2D eigenvalue weighted by atomic mass is 10.0. The fourth-order valence-corrected chi connectivity index (χ4v) is 1.83. The van der Waals surface area contributed by atoms with Gasteiger partial charge < -0.3 is 5.73 Å². The number of alkyl halides is 2. The van der Waals surface area contributed by atoms with E-state index in [1.165, 1.54) is 6.07 Å². The quantitative estimate of drug-likeness (QED) is 0.891. The standard InChI is InChI=1S/C10H12BrF2N/c1-7-6-8(11)2-3-9(7)10(12,13)4-5-14/h2-3,6H,4-5,14H2,1H3. The second kappa shape index (κ2) is 4.36. The largest absolute Gasteiger partial charge is 0.330 e. The van der Waals surface area contributed by atoms with Crippen molar-refractivity contribution in [1.29, 1.82) is 0 Å². The number of rotatable bonds is 3. The summed E-state index contributed by atoms with van der Waals surface area (Å²) >= 11 is 3.23. The molecule has 0 saturated heterocycles. The molecule has 1 nitrogen and oxygen atoms in total. The van der Waals surface area contributed by atoms with E-state index in [0.29, 0.717) is 5.56 Å². The Morgan fingerprint density at radius 3 is 2.57 bits per heavy atom. The van der Waals surface area contributed by atoms with Gasteiger partial charge in [0.15, 0.2) is 0 Å². The van der Waals surface area contributed by atoms with Gasteiger partial charge in [-0.15, -0.1) is 0 Å². The Kier molecular flexibility index (Phi) is 3.61. The molecule has 4 heteroatoms.